The Kier molecular flexibility index (Phi) is 3.20. The molecule has 2 N–H and O–H groups in total. The predicted octanol–water partition coefficient (Wildman–Crippen LogP) is 1.32. The molecule has 2 atom stereocenters. The van der Waals surface area contributed by atoms with Crippen molar-refractivity contribution in [3.8, 4) is 5.75 Å². The zero-order valence-corrected chi connectivity index (χ0v) is 8.44. The molecule has 0 saturated carbocycles. The zero-order valence-electron chi connectivity index (χ0n) is 7.54. The number of aromatic hydroxyl groups is 1. The van der Waals surface area contributed by atoms with Gasteiger partial charge >= 0.3 is 13.8 Å². The maximum absolute atomic E-state index is 11.6. The van der Waals surface area contributed by atoms with E-state index in [9.17, 15) is 14.5 Å². The van der Waals surface area contributed by atoms with E-state index in [1.54, 1.807) is 12.1 Å². The van der Waals surface area contributed by atoms with Crippen molar-refractivity contribution in [1.29, 1.82) is 0 Å². The maximum Gasteiger partial charge on any atom is 0.395 e. The first-order valence-electron chi connectivity index (χ1n) is 4.01. The molecule has 1 rings (SSSR count). The molecule has 0 aliphatic heterocycles. The molecule has 0 aliphatic carbocycles. The monoisotopic (exact) mass is 213 g/mol. The number of hydrogen-bond acceptors (Lipinski definition) is 3. The van der Waals surface area contributed by atoms with Crippen molar-refractivity contribution in [2.75, 3.05) is 0 Å². The number of rotatable bonds is 3. The standard InChI is InChI=1S/C9H9O4P/c1-6(9(11)12)14(13)8-5-3-2-4-7(8)10/h2-6H,1H3,(H-,10,11,12,13)/p+1. The fourth-order valence-corrected chi connectivity index (χ4v) is 2.11. The Hall–Kier alpha value is -1.41. The van der Waals surface area contributed by atoms with E-state index in [1.165, 1.54) is 19.1 Å². The van der Waals surface area contributed by atoms with Crippen molar-refractivity contribution in [3.63, 3.8) is 0 Å². The Balaban J connectivity index is 3.01. The van der Waals surface area contributed by atoms with Crippen molar-refractivity contribution in [2.24, 2.45) is 0 Å². The van der Waals surface area contributed by atoms with Crippen LogP contribution in [0, 0.1) is 0 Å². The minimum atomic E-state index is -2.10. The van der Waals surface area contributed by atoms with Gasteiger partial charge in [0, 0.05) is 0 Å². The van der Waals surface area contributed by atoms with Crippen LogP contribution in [0.5, 0.6) is 5.75 Å². The molecule has 0 aliphatic rings. The van der Waals surface area contributed by atoms with Gasteiger partial charge in [0.25, 0.3) is 5.66 Å². The summed E-state index contributed by atoms with van der Waals surface area (Å²) in [4.78, 5) is 10.6. The lowest BCUT2D eigenvalue weighted by Crippen LogP contribution is -2.16. The minimum Gasteiger partial charge on any atom is -0.504 e. The fourth-order valence-electron chi connectivity index (χ4n) is 0.959. The Bertz CT molecular complexity index is 375. The Morgan fingerprint density at radius 3 is 2.50 bits per heavy atom. The van der Waals surface area contributed by atoms with E-state index in [0.717, 1.165) is 0 Å². The summed E-state index contributed by atoms with van der Waals surface area (Å²) in [5, 5.41) is 18.2. The highest BCUT2D eigenvalue weighted by molar-refractivity contribution is 7.55. The second-order valence-corrected chi connectivity index (χ2v) is 4.74. The molecule has 74 valence electrons. The first-order valence-corrected chi connectivity index (χ1v) is 5.34. The van der Waals surface area contributed by atoms with Gasteiger partial charge in [0.05, 0.1) is 0 Å². The highest BCUT2D eigenvalue weighted by Gasteiger charge is 2.36. The zero-order chi connectivity index (χ0) is 10.7. The van der Waals surface area contributed by atoms with Crippen molar-refractivity contribution >= 4 is 19.1 Å². The molecule has 2 unspecified atom stereocenters. The van der Waals surface area contributed by atoms with Crippen LogP contribution in [-0.2, 0) is 9.36 Å². The number of phenols is 1. The van der Waals surface area contributed by atoms with Gasteiger partial charge in [-0.2, -0.15) is 0 Å². The van der Waals surface area contributed by atoms with E-state index < -0.39 is 19.4 Å². The summed E-state index contributed by atoms with van der Waals surface area (Å²) in [6.07, 6.45) is 0. The summed E-state index contributed by atoms with van der Waals surface area (Å²) in [6.45, 7) is 1.35. The van der Waals surface area contributed by atoms with Crippen LogP contribution in [0.4, 0.5) is 0 Å². The summed E-state index contributed by atoms with van der Waals surface area (Å²) >= 11 is 0. The second kappa shape index (κ2) is 4.20. The minimum absolute atomic E-state index is 0.123. The predicted molar refractivity (Wildman–Crippen MR) is 52.4 cm³/mol. The lowest BCUT2D eigenvalue weighted by molar-refractivity contribution is -0.136. The average Bonchev–Trinajstić information content (AvgIpc) is 2.16. The van der Waals surface area contributed by atoms with Gasteiger partial charge in [0.1, 0.15) is 0 Å². The Labute approximate surface area is 82.0 Å². The third-order valence-electron chi connectivity index (χ3n) is 1.83. The number of phenolic OH excluding ortho intramolecular Hbond substituents is 1. The summed E-state index contributed by atoms with van der Waals surface area (Å²) in [5.74, 6) is -1.25. The van der Waals surface area contributed by atoms with Gasteiger partial charge in [-0.25, -0.2) is 4.79 Å². The number of hydrogen-bond donors (Lipinski definition) is 2. The van der Waals surface area contributed by atoms with Crippen LogP contribution in [0.1, 0.15) is 6.92 Å². The largest absolute Gasteiger partial charge is 0.504 e. The number of carboxylic acids is 1. The van der Waals surface area contributed by atoms with E-state index in [2.05, 4.69) is 0 Å². The Morgan fingerprint density at radius 1 is 1.43 bits per heavy atom. The van der Waals surface area contributed by atoms with E-state index >= 15 is 0 Å². The number of benzene rings is 1. The summed E-state index contributed by atoms with van der Waals surface area (Å²) in [6, 6.07) is 6.05. The third-order valence-corrected chi connectivity index (χ3v) is 3.61. The van der Waals surface area contributed by atoms with Crippen LogP contribution in [0.25, 0.3) is 0 Å². The Morgan fingerprint density at radius 2 is 2.00 bits per heavy atom. The lowest BCUT2D eigenvalue weighted by Gasteiger charge is -1.95. The molecule has 0 saturated heterocycles. The van der Waals surface area contributed by atoms with Crippen molar-refractivity contribution in [3.05, 3.63) is 24.3 Å². The van der Waals surface area contributed by atoms with Gasteiger partial charge in [-0.15, -0.1) is 0 Å². The number of carboxylic acid groups (broad SMARTS) is 1. The lowest BCUT2D eigenvalue weighted by atomic mass is 10.3. The van der Waals surface area contributed by atoms with Crippen LogP contribution < -0.4 is 5.30 Å². The first-order chi connectivity index (χ1) is 6.54. The normalized spacial score (nSPS) is 13.4. The molecule has 4 nitrogen and oxygen atoms in total. The van der Waals surface area contributed by atoms with Crippen molar-refractivity contribution in [2.45, 2.75) is 12.6 Å². The quantitative estimate of drug-likeness (QED) is 0.742. The molecule has 0 fully saturated rings. The van der Waals surface area contributed by atoms with E-state index in [1.807, 2.05) is 0 Å². The molecule has 0 aromatic heterocycles. The van der Waals surface area contributed by atoms with Crippen LogP contribution in [0.3, 0.4) is 0 Å². The SMILES string of the molecule is CC(C(=O)O)[P+](=O)c1ccccc1O. The third kappa shape index (κ3) is 2.09. The average molecular weight is 213 g/mol. The molecule has 1 aromatic rings. The maximum atomic E-state index is 11.6. The van der Waals surface area contributed by atoms with Gasteiger partial charge in [-0.1, -0.05) is 16.7 Å². The van der Waals surface area contributed by atoms with E-state index in [4.69, 9.17) is 5.11 Å². The molecule has 0 radical (unpaired) electrons. The topological polar surface area (TPSA) is 74.6 Å². The van der Waals surface area contributed by atoms with Crippen LogP contribution in [0.2, 0.25) is 0 Å². The molecule has 0 bridgehead atoms. The van der Waals surface area contributed by atoms with Gasteiger partial charge in [-0.05, 0) is 19.1 Å². The van der Waals surface area contributed by atoms with E-state index in [0.29, 0.717) is 0 Å². The van der Waals surface area contributed by atoms with Gasteiger partial charge < -0.3 is 10.2 Å². The van der Waals surface area contributed by atoms with Crippen LogP contribution in [0.15, 0.2) is 24.3 Å². The van der Waals surface area contributed by atoms with Crippen LogP contribution in [-0.4, -0.2) is 21.8 Å². The molecule has 1 aromatic carbocycles. The smallest absolute Gasteiger partial charge is 0.395 e. The van der Waals surface area contributed by atoms with Gasteiger partial charge in [-0.3, -0.25) is 0 Å². The molecule has 5 heteroatoms. The summed E-state index contributed by atoms with van der Waals surface area (Å²) in [7, 11) is -2.10. The molecular weight excluding hydrogens is 203 g/mol. The molecule has 0 heterocycles. The summed E-state index contributed by atoms with van der Waals surface area (Å²) in [5.41, 5.74) is -0.988. The number of carbonyl (C=O) groups is 1. The number of para-hydroxylation sites is 1. The second-order valence-electron chi connectivity index (χ2n) is 2.83. The van der Waals surface area contributed by atoms with Crippen LogP contribution >= 0.6 is 7.80 Å². The van der Waals surface area contributed by atoms with Crippen molar-refractivity contribution in [1.82, 2.24) is 0 Å². The van der Waals surface area contributed by atoms with Gasteiger partial charge in [0.15, 0.2) is 5.75 Å². The summed E-state index contributed by atoms with van der Waals surface area (Å²) < 4.78 is 11.6. The number of aliphatic carboxylic acids is 1. The molecule has 0 spiro atoms. The highest BCUT2D eigenvalue weighted by atomic mass is 31.1. The van der Waals surface area contributed by atoms with E-state index in [-0.39, 0.29) is 11.1 Å². The molecule has 14 heavy (non-hydrogen) atoms. The van der Waals surface area contributed by atoms with Crippen molar-refractivity contribution < 1.29 is 19.6 Å². The molecule has 0 amide bonds. The van der Waals surface area contributed by atoms with Gasteiger partial charge in [0.2, 0.25) is 5.30 Å². The molecular formula is C9H10O4P+. The first kappa shape index (κ1) is 10.7. The highest BCUT2D eigenvalue weighted by Crippen LogP contribution is 2.30. The fraction of sp³-hybridized carbons (Fsp3) is 0.222.